The highest BCUT2D eigenvalue weighted by Crippen LogP contribution is 2.20. The predicted octanol–water partition coefficient (Wildman–Crippen LogP) is 2.94. The zero-order valence-corrected chi connectivity index (χ0v) is 19.3. The van der Waals surface area contributed by atoms with Crippen molar-refractivity contribution in [3.63, 3.8) is 0 Å². The van der Waals surface area contributed by atoms with Crippen LogP contribution < -0.4 is 5.32 Å². The topological polar surface area (TPSA) is 119 Å². The average Bonchev–Trinajstić information content (AvgIpc) is 2.76. The molecule has 1 fully saturated rings. The monoisotopic (exact) mass is 443 g/mol. The molecule has 1 amide bonds. The molecule has 0 radical (unpaired) electrons. The van der Waals surface area contributed by atoms with Gasteiger partial charge in [-0.05, 0) is 25.7 Å². The number of aliphatic hydroxyl groups is 4. The number of unbranched alkanes of at least 4 members (excludes halogenated alkanes) is 11. The highest BCUT2D eigenvalue weighted by atomic mass is 16.6. The minimum absolute atomic E-state index is 0.270. The normalized spacial score (nSPS) is 26.4. The van der Waals surface area contributed by atoms with E-state index in [-0.39, 0.29) is 5.91 Å². The van der Waals surface area contributed by atoms with Gasteiger partial charge in [0.25, 0.3) is 0 Å². The Morgan fingerprint density at radius 2 is 1.35 bits per heavy atom. The smallest absolute Gasteiger partial charge is 0.222 e. The van der Waals surface area contributed by atoms with Crippen molar-refractivity contribution >= 4 is 5.91 Å². The maximum atomic E-state index is 12.1. The number of carbonyl (C=O) groups excluding carboxylic acids is 1. The largest absolute Gasteiger partial charge is 0.394 e. The second kappa shape index (κ2) is 17.6. The van der Waals surface area contributed by atoms with E-state index in [1.807, 2.05) is 0 Å². The molecular weight excluding hydrogens is 398 g/mol. The number of amides is 1. The quantitative estimate of drug-likeness (QED) is 0.174. The van der Waals surface area contributed by atoms with Crippen LogP contribution in [-0.2, 0) is 9.53 Å². The molecule has 7 heteroatoms. The van der Waals surface area contributed by atoms with Gasteiger partial charge in [-0.3, -0.25) is 4.79 Å². The van der Waals surface area contributed by atoms with Gasteiger partial charge in [-0.2, -0.15) is 0 Å². The number of ether oxygens (including phenoxy) is 1. The lowest BCUT2D eigenvalue weighted by atomic mass is 9.98. The Kier molecular flexibility index (Phi) is 15.9. The number of aliphatic hydroxyl groups excluding tert-OH is 4. The van der Waals surface area contributed by atoms with Crippen LogP contribution in [0.2, 0.25) is 0 Å². The Balaban J connectivity index is 1.97. The number of nitrogens with one attached hydrogen (secondary N) is 1. The average molecular weight is 444 g/mol. The third-order valence-corrected chi connectivity index (χ3v) is 5.86. The van der Waals surface area contributed by atoms with Crippen LogP contribution in [-0.4, -0.2) is 63.6 Å². The van der Waals surface area contributed by atoms with Crippen molar-refractivity contribution in [3.05, 3.63) is 12.2 Å². The van der Waals surface area contributed by atoms with E-state index < -0.39 is 37.3 Å². The van der Waals surface area contributed by atoms with E-state index in [0.29, 0.717) is 6.42 Å². The van der Waals surface area contributed by atoms with Crippen LogP contribution in [0.25, 0.3) is 0 Å². The van der Waals surface area contributed by atoms with Gasteiger partial charge in [0.1, 0.15) is 24.4 Å². The van der Waals surface area contributed by atoms with Gasteiger partial charge in [0, 0.05) is 6.42 Å². The first-order valence-electron chi connectivity index (χ1n) is 12.3. The summed E-state index contributed by atoms with van der Waals surface area (Å²) in [5.41, 5.74) is 0. The van der Waals surface area contributed by atoms with Crippen molar-refractivity contribution in [2.75, 3.05) is 6.61 Å². The summed E-state index contributed by atoms with van der Waals surface area (Å²) in [6, 6.07) is 0. The Morgan fingerprint density at radius 3 is 1.94 bits per heavy atom. The maximum Gasteiger partial charge on any atom is 0.222 e. The number of hydrogen-bond donors (Lipinski definition) is 5. The molecule has 5 atom stereocenters. The first kappa shape index (κ1) is 28.0. The van der Waals surface area contributed by atoms with Crippen molar-refractivity contribution in [2.45, 2.75) is 127 Å². The summed E-state index contributed by atoms with van der Waals surface area (Å²) in [6.07, 6.45) is 13.9. The molecule has 1 rings (SSSR count). The molecule has 2 unspecified atom stereocenters. The zero-order valence-electron chi connectivity index (χ0n) is 19.3. The van der Waals surface area contributed by atoms with Gasteiger partial charge in [-0.25, -0.2) is 0 Å². The molecular formula is C24H45NO6. The third kappa shape index (κ3) is 12.0. The minimum atomic E-state index is -1.47. The summed E-state index contributed by atoms with van der Waals surface area (Å²) in [5.74, 6) is -0.270. The molecule has 1 heterocycles. The number of hydrogen-bond acceptors (Lipinski definition) is 6. The maximum absolute atomic E-state index is 12.1. The summed E-state index contributed by atoms with van der Waals surface area (Å²) < 4.78 is 5.28. The summed E-state index contributed by atoms with van der Waals surface area (Å²) >= 11 is 0. The molecule has 31 heavy (non-hydrogen) atoms. The molecule has 1 aliphatic rings. The molecule has 0 bridgehead atoms. The van der Waals surface area contributed by atoms with E-state index >= 15 is 0 Å². The van der Waals surface area contributed by atoms with Crippen molar-refractivity contribution in [3.8, 4) is 0 Å². The van der Waals surface area contributed by atoms with Gasteiger partial charge < -0.3 is 30.5 Å². The lowest BCUT2D eigenvalue weighted by molar-refractivity contribution is -0.236. The van der Waals surface area contributed by atoms with Crippen molar-refractivity contribution in [1.82, 2.24) is 5.32 Å². The number of allylic oxidation sites excluding steroid dienone is 2. The summed E-state index contributed by atoms with van der Waals surface area (Å²) in [4.78, 5) is 12.1. The van der Waals surface area contributed by atoms with Gasteiger partial charge in [-0.15, -0.1) is 0 Å². The van der Waals surface area contributed by atoms with Crippen LogP contribution in [0.15, 0.2) is 12.2 Å². The molecule has 0 aromatic rings. The molecule has 0 saturated carbocycles. The van der Waals surface area contributed by atoms with Crippen LogP contribution in [0.3, 0.4) is 0 Å². The molecule has 5 N–H and O–H groups in total. The summed E-state index contributed by atoms with van der Waals surface area (Å²) in [5, 5.41) is 41.2. The Labute approximate surface area is 187 Å². The standard InChI is InChI=1S/C24H45NO6/c1-2-3-4-5-6-7-8-9-10-11-12-13-14-15-16-17-20(27)25-24-23(30)22(29)21(28)19(18-26)31-24/h5-6,19,21-24,26,28-30H,2-4,7-18H2,1H3,(H,25,27)/b6-5-/t19?,21-,22-,23?,24+/m0/s1. The molecule has 0 spiro atoms. The fraction of sp³-hybridized carbons (Fsp3) is 0.875. The van der Waals surface area contributed by atoms with Crippen molar-refractivity contribution in [1.29, 1.82) is 0 Å². The second-order valence-electron chi connectivity index (χ2n) is 8.65. The minimum Gasteiger partial charge on any atom is -0.394 e. The molecule has 1 aliphatic heterocycles. The van der Waals surface area contributed by atoms with E-state index in [2.05, 4.69) is 24.4 Å². The lowest BCUT2D eigenvalue weighted by Crippen LogP contribution is -2.63. The van der Waals surface area contributed by atoms with Crippen LogP contribution in [0, 0.1) is 0 Å². The van der Waals surface area contributed by atoms with Gasteiger partial charge in [-0.1, -0.05) is 76.9 Å². The molecule has 0 aromatic heterocycles. The van der Waals surface area contributed by atoms with E-state index in [9.17, 15) is 25.2 Å². The van der Waals surface area contributed by atoms with Crippen LogP contribution >= 0.6 is 0 Å². The van der Waals surface area contributed by atoms with E-state index in [0.717, 1.165) is 19.3 Å². The van der Waals surface area contributed by atoms with Crippen LogP contribution in [0.5, 0.6) is 0 Å². The van der Waals surface area contributed by atoms with Gasteiger partial charge in [0.2, 0.25) is 5.91 Å². The second-order valence-corrected chi connectivity index (χ2v) is 8.65. The fourth-order valence-corrected chi connectivity index (χ4v) is 3.79. The van der Waals surface area contributed by atoms with Gasteiger partial charge in [0.15, 0.2) is 6.23 Å². The summed E-state index contributed by atoms with van der Waals surface area (Å²) in [7, 11) is 0. The third-order valence-electron chi connectivity index (χ3n) is 5.86. The van der Waals surface area contributed by atoms with Gasteiger partial charge in [0.05, 0.1) is 6.61 Å². The van der Waals surface area contributed by atoms with Gasteiger partial charge >= 0.3 is 0 Å². The molecule has 182 valence electrons. The Hall–Kier alpha value is -0.990. The highest BCUT2D eigenvalue weighted by molar-refractivity contribution is 5.76. The van der Waals surface area contributed by atoms with E-state index in [1.54, 1.807) is 0 Å². The van der Waals surface area contributed by atoms with E-state index in [4.69, 9.17) is 4.74 Å². The van der Waals surface area contributed by atoms with Crippen molar-refractivity contribution in [2.24, 2.45) is 0 Å². The predicted molar refractivity (Wildman–Crippen MR) is 121 cm³/mol. The SMILES string of the molecule is CCCC/C=C\CCCCCCCCCCCC(=O)N[C@@H]1OC(CO)[C@H](O)[C@H](O)C1O. The molecule has 7 nitrogen and oxygen atoms in total. The fourth-order valence-electron chi connectivity index (χ4n) is 3.79. The number of carbonyl (C=O) groups is 1. The molecule has 1 saturated heterocycles. The Bertz CT molecular complexity index is 485. The highest BCUT2D eigenvalue weighted by Gasteiger charge is 2.43. The Morgan fingerprint density at radius 1 is 0.806 bits per heavy atom. The van der Waals surface area contributed by atoms with Crippen LogP contribution in [0.1, 0.15) is 96.8 Å². The first-order valence-corrected chi connectivity index (χ1v) is 12.3. The first-order chi connectivity index (χ1) is 15.0. The number of rotatable bonds is 17. The summed E-state index contributed by atoms with van der Waals surface area (Å²) in [6.45, 7) is 1.71. The molecule has 0 aromatic carbocycles. The van der Waals surface area contributed by atoms with Crippen LogP contribution in [0.4, 0.5) is 0 Å². The lowest BCUT2D eigenvalue weighted by Gasteiger charge is -2.40. The van der Waals surface area contributed by atoms with Crippen molar-refractivity contribution < 1.29 is 30.0 Å². The van der Waals surface area contributed by atoms with E-state index in [1.165, 1.54) is 64.2 Å². The molecule has 0 aliphatic carbocycles. The zero-order chi connectivity index (χ0) is 22.9.